The van der Waals surface area contributed by atoms with Gasteiger partial charge < -0.3 is 9.30 Å². The Hall–Kier alpha value is -3.14. The Balaban J connectivity index is 2.15. The van der Waals surface area contributed by atoms with Crippen LogP contribution in [0.15, 0.2) is 60.8 Å². The van der Waals surface area contributed by atoms with Gasteiger partial charge in [0, 0.05) is 35.1 Å². The van der Waals surface area contributed by atoms with Crippen molar-refractivity contribution in [2.75, 3.05) is 6.61 Å². The molecular weight excluding hydrogens is 312 g/mol. The fourth-order valence-corrected chi connectivity index (χ4v) is 3.39. The molecule has 0 aliphatic heterocycles. The van der Waals surface area contributed by atoms with Gasteiger partial charge in [-0.1, -0.05) is 48.5 Å². The van der Waals surface area contributed by atoms with Crippen LogP contribution in [-0.4, -0.2) is 22.1 Å². The van der Waals surface area contributed by atoms with E-state index in [9.17, 15) is 4.79 Å². The molecule has 0 atom stereocenters. The van der Waals surface area contributed by atoms with Crippen molar-refractivity contribution in [1.82, 2.24) is 9.55 Å². The maximum absolute atomic E-state index is 12.5. The van der Waals surface area contributed by atoms with E-state index in [-0.39, 0.29) is 0 Å². The Morgan fingerprint density at radius 3 is 2.52 bits per heavy atom. The molecule has 4 aromatic rings. The summed E-state index contributed by atoms with van der Waals surface area (Å²) in [7, 11) is 2.02. The average Bonchev–Trinajstić information content (AvgIpc) is 2.95. The van der Waals surface area contributed by atoms with Crippen LogP contribution in [0.5, 0.6) is 0 Å². The number of nitrogens with zero attached hydrogens (tertiary/aromatic N) is 2. The van der Waals surface area contributed by atoms with E-state index in [0.717, 1.165) is 32.9 Å². The third kappa shape index (κ3) is 2.38. The van der Waals surface area contributed by atoms with Gasteiger partial charge in [0.25, 0.3) is 0 Å². The number of hydrogen-bond acceptors (Lipinski definition) is 3. The number of aryl methyl sites for hydroxylation is 1. The summed E-state index contributed by atoms with van der Waals surface area (Å²) in [5, 5.41) is 2.16. The number of rotatable bonds is 3. The SMILES string of the molecule is CCOC(=O)c1ncc2c3ccccc3n(C)c2c1-c1ccccc1. The fourth-order valence-electron chi connectivity index (χ4n) is 3.39. The van der Waals surface area contributed by atoms with E-state index < -0.39 is 5.97 Å². The molecule has 0 aliphatic rings. The van der Waals surface area contributed by atoms with Crippen LogP contribution in [0.25, 0.3) is 32.9 Å². The quantitative estimate of drug-likeness (QED) is 0.517. The van der Waals surface area contributed by atoms with Crippen LogP contribution in [0, 0.1) is 0 Å². The molecule has 4 nitrogen and oxygen atoms in total. The number of pyridine rings is 1. The molecule has 0 saturated heterocycles. The molecule has 0 bridgehead atoms. The van der Waals surface area contributed by atoms with E-state index in [4.69, 9.17) is 4.74 Å². The van der Waals surface area contributed by atoms with Crippen molar-refractivity contribution in [3.63, 3.8) is 0 Å². The zero-order chi connectivity index (χ0) is 17.4. The van der Waals surface area contributed by atoms with Crippen LogP contribution in [0.2, 0.25) is 0 Å². The standard InChI is InChI=1S/C21H18N2O2/c1-3-25-21(24)19-18(14-9-5-4-6-10-14)20-16(13-22-19)15-11-7-8-12-17(15)23(20)2/h4-13H,3H2,1-2H3. The third-order valence-corrected chi connectivity index (χ3v) is 4.47. The number of ether oxygens (including phenoxy) is 1. The van der Waals surface area contributed by atoms with Gasteiger partial charge in [0.05, 0.1) is 12.1 Å². The summed E-state index contributed by atoms with van der Waals surface area (Å²) in [6.45, 7) is 2.12. The Morgan fingerprint density at radius 1 is 1.04 bits per heavy atom. The summed E-state index contributed by atoms with van der Waals surface area (Å²) in [4.78, 5) is 17.0. The highest BCUT2D eigenvalue weighted by molar-refractivity contribution is 6.15. The van der Waals surface area contributed by atoms with E-state index in [1.165, 1.54) is 0 Å². The van der Waals surface area contributed by atoms with E-state index in [1.807, 2.05) is 49.5 Å². The molecule has 0 unspecified atom stereocenters. The predicted octanol–water partition coefficient (Wildman–Crippen LogP) is 4.57. The minimum absolute atomic E-state index is 0.321. The maximum Gasteiger partial charge on any atom is 0.357 e. The summed E-state index contributed by atoms with van der Waals surface area (Å²) in [5.41, 5.74) is 4.22. The van der Waals surface area contributed by atoms with Crippen molar-refractivity contribution < 1.29 is 9.53 Å². The van der Waals surface area contributed by atoms with Gasteiger partial charge in [-0.25, -0.2) is 9.78 Å². The van der Waals surface area contributed by atoms with Gasteiger partial charge in [-0.2, -0.15) is 0 Å². The first-order chi connectivity index (χ1) is 12.2. The number of esters is 1. The molecule has 124 valence electrons. The third-order valence-electron chi connectivity index (χ3n) is 4.47. The van der Waals surface area contributed by atoms with Gasteiger partial charge in [-0.15, -0.1) is 0 Å². The highest BCUT2D eigenvalue weighted by atomic mass is 16.5. The summed E-state index contributed by atoms with van der Waals surface area (Å²) in [6.07, 6.45) is 1.77. The lowest BCUT2D eigenvalue weighted by Gasteiger charge is -2.11. The number of aromatic nitrogens is 2. The van der Waals surface area contributed by atoms with E-state index >= 15 is 0 Å². The Morgan fingerprint density at radius 2 is 1.76 bits per heavy atom. The first kappa shape index (κ1) is 15.4. The lowest BCUT2D eigenvalue weighted by atomic mass is 10.0. The largest absolute Gasteiger partial charge is 0.461 e. The number of para-hydroxylation sites is 1. The highest BCUT2D eigenvalue weighted by Crippen LogP contribution is 2.36. The van der Waals surface area contributed by atoms with Crippen molar-refractivity contribution in [2.45, 2.75) is 6.92 Å². The summed E-state index contributed by atoms with van der Waals surface area (Å²) >= 11 is 0. The monoisotopic (exact) mass is 330 g/mol. The molecule has 0 N–H and O–H groups in total. The molecule has 4 rings (SSSR count). The number of benzene rings is 2. The summed E-state index contributed by atoms with van der Waals surface area (Å²) in [6, 6.07) is 18.1. The molecular formula is C21H18N2O2. The minimum Gasteiger partial charge on any atom is -0.461 e. The molecule has 0 spiro atoms. The van der Waals surface area contributed by atoms with Gasteiger partial charge in [-0.3, -0.25) is 0 Å². The van der Waals surface area contributed by atoms with Crippen molar-refractivity contribution in [3.05, 3.63) is 66.5 Å². The second-order valence-corrected chi connectivity index (χ2v) is 5.91. The first-order valence-corrected chi connectivity index (χ1v) is 8.31. The van der Waals surface area contributed by atoms with Crippen LogP contribution in [0.4, 0.5) is 0 Å². The van der Waals surface area contributed by atoms with Crippen molar-refractivity contribution in [1.29, 1.82) is 0 Å². The number of fused-ring (bicyclic) bond motifs is 3. The molecule has 4 heteroatoms. The molecule has 0 fully saturated rings. The van der Waals surface area contributed by atoms with Gasteiger partial charge >= 0.3 is 5.97 Å². The predicted molar refractivity (Wildman–Crippen MR) is 99.6 cm³/mol. The van der Waals surface area contributed by atoms with E-state index in [0.29, 0.717) is 12.3 Å². The number of carbonyl (C=O) groups excluding carboxylic acids is 1. The van der Waals surface area contributed by atoms with Crippen LogP contribution >= 0.6 is 0 Å². The molecule has 2 aromatic heterocycles. The summed E-state index contributed by atoms with van der Waals surface area (Å²) < 4.78 is 7.36. The average molecular weight is 330 g/mol. The zero-order valence-electron chi connectivity index (χ0n) is 14.2. The highest BCUT2D eigenvalue weighted by Gasteiger charge is 2.22. The lowest BCUT2D eigenvalue weighted by molar-refractivity contribution is 0.0520. The molecule has 0 saturated carbocycles. The van der Waals surface area contributed by atoms with Crippen molar-refractivity contribution in [3.8, 4) is 11.1 Å². The molecule has 25 heavy (non-hydrogen) atoms. The Labute approximate surface area is 145 Å². The Kier molecular flexibility index (Phi) is 3.73. The van der Waals surface area contributed by atoms with Crippen LogP contribution in [0.1, 0.15) is 17.4 Å². The molecule has 2 heterocycles. The van der Waals surface area contributed by atoms with Crippen LogP contribution in [0.3, 0.4) is 0 Å². The van der Waals surface area contributed by atoms with Gasteiger partial charge in [0.1, 0.15) is 0 Å². The molecule has 0 radical (unpaired) electrons. The minimum atomic E-state index is -0.395. The van der Waals surface area contributed by atoms with Gasteiger partial charge in [-0.05, 0) is 18.6 Å². The molecule has 2 aromatic carbocycles. The Bertz CT molecular complexity index is 1080. The van der Waals surface area contributed by atoms with Gasteiger partial charge in [0.15, 0.2) is 5.69 Å². The lowest BCUT2D eigenvalue weighted by Crippen LogP contribution is -2.10. The smallest absolute Gasteiger partial charge is 0.357 e. The number of hydrogen-bond donors (Lipinski definition) is 0. The van der Waals surface area contributed by atoms with Crippen molar-refractivity contribution in [2.24, 2.45) is 7.05 Å². The summed E-state index contributed by atoms with van der Waals surface area (Å²) in [5.74, 6) is -0.395. The van der Waals surface area contributed by atoms with Crippen molar-refractivity contribution >= 4 is 27.8 Å². The molecule has 0 amide bonds. The normalized spacial score (nSPS) is 11.1. The van der Waals surface area contributed by atoms with Gasteiger partial charge in [0.2, 0.25) is 0 Å². The first-order valence-electron chi connectivity index (χ1n) is 8.31. The second kappa shape index (κ2) is 6.06. The van der Waals surface area contributed by atoms with E-state index in [2.05, 4.69) is 21.7 Å². The fraction of sp³-hybridized carbons (Fsp3) is 0.143. The van der Waals surface area contributed by atoms with Crippen LogP contribution in [-0.2, 0) is 11.8 Å². The topological polar surface area (TPSA) is 44.1 Å². The second-order valence-electron chi connectivity index (χ2n) is 5.91. The zero-order valence-corrected chi connectivity index (χ0v) is 14.2. The van der Waals surface area contributed by atoms with E-state index in [1.54, 1.807) is 13.1 Å². The molecule has 0 aliphatic carbocycles. The maximum atomic E-state index is 12.5. The van der Waals surface area contributed by atoms with Crippen LogP contribution < -0.4 is 0 Å². The number of carbonyl (C=O) groups is 1.